The van der Waals surface area contributed by atoms with Crippen molar-refractivity contribution in [1.29, 1.82) is 0 Å². The SMILES string of the molecule is O=C(OCCO)C1=CC=C/C1=C(\O)CCl. The molecule has 0 fully saturated rings. The maximum absolute atomic E-state index is 11.4. The molecule has 0 saturated carbocycles. The largest absolute Gasteiger partial charge is 0.510 e. The van der Waals surface area contributed by atoms with E-state index in [2.05, 4.69) is 0 Å². The van der Waals surface area contributed by atoms with Crippen molar-refractivity contribution in [3.8, 4) is 0 Å². The van der Waals surface area contributed by atoms with Crippen LogP contribution in [0.4, 0.5) is 0 Å². The maximum Gasteiger partial charge on any atom is 0.338 e. The minimum absolute atomic E-state index is 0.0644. The Labute approximate surface area is 92.1 Å². The number of carbonyl (C=O) groups excluding carboxylic acids is 1. The van der Waals surface area contributed by atoms with E-state index in [1.165, 1.54) is 6.08 Å². The van der Waals surface area contributed by atoms with E-state index in [4.69, 9.17) is 21.4 Å². The molecule has 0 aliphatic heterocycles. The predicted molar refractivity (Wildman–Crippen MR) is 55.6 cm³/mol. The zero-order valence-electron chi connectivity index (χ0n) is 7.94. The molecule has 1 rings (SSSR count). The fraction of sp³-hybridized carbons (Fsp3) is 0.300. The monoisotopic (exact) mass is 230 g/mol. The standard InChI is InChI=1S/C10H11ClO4/c11-6-9(13)7-2-1-3-8(7)10(14)15-5-4-12/h1-3,12-13H,4-6H2/b9-7+. The van der Waals surface area contributed by atoms with Crippen LogP contribution < -0.4 is 0 Å². The van der Waals surface area contributed by atoms with Gasteiger partial charge in [-0.2, -0.15) is 0 Å². The molecular formula is C10H11ClO4. The highest BCUT2D eigenvalue weighted by Gasteiger charge is 2.19. The number of rotatable bonds is 4. The van der Waals surface area contributed by atoms with Crippen molar-refractivity contribution >= 4 is 17.6 Å². The molecule has 0 bridgehead atoms. The van der Waals surface area contributed by atoms with Gasteiger partial charge in [-0.3, -0.25) is 0 Å². The van der Waals surface area contributed by atoms with Crippen molar-refractivity contribution in [2.75, 3.05) is 19.1 Å². The van der Waals surface area contributed by atoms with Gasteiger partial charge in [0.1, 0.15) is 12.4 Å². The Hall–Kier alpha value is -1.26. The molecule has 15 heavy (non-hydrogen) atoms. The van der Waals surface area contributed by atoms with E-state index in [1.54, 1.807) is 12.2 Å². The maximum atomic E-state index is 11.4. The first-order valence-electron chi connectivity index (χ1n) is 4.35. The molecule has 2 N–H and O–H groups in total. The lowest BCUT2D eigenvalue weighted by atomic mass is 10.1. The van der Waals surface area contributed by atoms with E-state index in [1.807, 2.05) is 0 Å². The highest BCUT2D eigenvalue weighted by Crippen LogP contribution is 2.22. The van der Waals surface area contributed by atoms with Crippen LogP contribution in [-0.2, 0) is 9.53 Å². The van der Waals surface area contributed by atoms with Gasteiger partial charge in [0.15, 0.2) is 0 Å². The van der Waals surface area contributed by atoms with Gasteiger partial charge in [0.2, 0.25) is 0 Å². The molecule has 0 radical (unpaired) electrons. The molecule has 0 aromatic heterocycles. The number of hydrogen-bond acceptors (Lipinski definition) is 4. The third kappa shape index (κ3) is 2.84. The van der Waals surface area contributed by atoms with Crippen LogP contribution in [0.25, 0.3) is 0 Å². The zero-order chi connectivity index (χ0) is 11.3. The molecule has 0 amide bonds. The van der Waals surface area contributed by atoms with Crippen molar-refractivity contribution in [1.82, 2.24) is 0 Å². The second kappa shape index (κ2) is 5.58. The van der Waals surface area contributed by atoms with E-state index in [0.29, 0.717) is 5.57 Å². The second-order valence-electron chi connectivity index (χ2n) is 2.79. The summed E-state index contributed by atoms with van der Waals surface area (Å²) in [6.07, 6.45) is 4.72. The summed E-state index contributed by atoms with van der Waals surface area (Å²) in [6.45, 7) is -0.294. The minimum Gasteiger partial charge on any atom is -0.510 e. The number of carbonyl (C=O) groups is 1. The molecule has 0 unspecified atom stereocenters. The van der Waals surface area contributed by atoms with Crippen LogP contribution in [0.2, 0.25) is 0 Å². The van der Waals surface area contributed by atoms with E-state index < -0.39 is 5.97 Å². The lowest BCUT2D eigenvalue weighted by molar-refractivity contribution is -0.139. The summed E-state index contributed by atoms with van der Waals surface area (Å²) in [4.78, 5) is 11.4. The predicted octanol–water partition coefficient (Wildman–Crippen LogP) is 1.07. The topological polar surface area (TPSA) is 66.8 Å². The summed E-state index contributed by atoms with van der Waals surface area (Å²) in [7, 11) is 0. The Morgan fingerprint density at radius 3 is 2.87 bits per heavy atom. The number of aliphatic hydroxyl groups excluding tert-OH is 2. The van der Waals surface area contributed by atoms with Crippen molar-refractivity contribution in [3.05, 3.63) is 35.1 Å². The highest BCUT2D eigenvalue weighted by atomic mass is 35.5. The lowest BCUT2D eigenvalue weighted by Gasteiger charge is -2.06. The van der Waals surface area contributed by atoms with E-state index in [0.717, 1.165) is 0 Å². The molecular weight excluding hydrogens is 220 g/mol. The Balaban J connectivity index is 2.76. The van der Waals surface area contributed by atoms with Gasteiger partial charge in [0.05, 0.1) is 18.1 Å². The average molecular weight is 231 g/mol. The van der Waals surface area contributed by atoms with Gasteiger partial charge in [-0.1, -0.05) is 12.2 Å². The fourth-order valence-electron chi connectivity index (χ4n) is 1.14. The summed E-state index contributed by atoms with van der Waals surface area (Å²) >= 11 is 5.45. The molecule has 0 aromatic carbocycles. The molecule has 82 valence electrons. The summed E-state index contributed by atoms with van der Waals surface area (Å²) in [5.41, 5.74) is 0.620. The molecule has 0 heterocycles. The Morgan fingerprint density at radius 1 is 1.53 bits per heavy atom. The van der Waals surface area contributed by atoms with Crippen LogP contribution in [0.3, 0.4) is 0 Å². The molecule has 4 nitrogen and oxygen atoms in total. The van der Waals surface area contributed by atoms with Gasteiger partial charge in [-0.05, 0) is 6.08 Å². The molecule has 5 heteroatoms. The second-order valence-corrected chi connectivity index (χ2v) is 3.06. The van der Waals surface area contributed by atoms with E-state index >= 15 is 0 Å². The van der Waals surface area contributed by atoms with Gasteiger partial charge in [-0.25, -0.2) is 4.79 Å². The third-order valence-corrected chi connectivity index (χ3v) is 2.05. The van der Waals surface area contributed by atoms with Crippen molar-refractivity contribution in [2.24, 2.45) is 0 Å². The van der Waals surface area contributed by atoms with Crippen LogP contribution in [0, 0.1) is 0 Å². The molecule has 0 spiro atoms. The number of allylic oxidation sites excluding steroid dienone is 4. The van der Waals surface area contributed by atoms with Crippen LogP contribution in [0.15, 0.2) is 35.1 Å². The number of ether oxygens (including phenoxy) is 1. The average Bonchev–Trinajstić information content (AvgIpc) is 2.73. The summed E-state index contributed by atoms with van der Waals surface area (Å²) in [5, 5.41) is 17.9. The fourth-order valence-corrected chi connectivity index (χ4v) is 1.28. The Kier molecular flexibility index (Phi) is 4.39. The number of aliphatic hydroxyl groups is 2. The summed E-state index contributed by atoms with van der Waals surface area (Å²) in [5.74, 6) is -0.720. The van der Waals surface area contributed by atoms with Gasteiger partial charge >= 0.3 is 5.97 Å². The minimum atomic E-state index is -0.583. The van der Waals surface area contributed by atoms with Crippen LogP contribution in [-0.4, -0.2) is 35.3 Å². The summed E-state index contributed by atoms with van der Waals surface area (Å²) < 4.78 is 4.71. The Morgan fingerprint density at radius 2 is 2.27 bits per heavy atom. The molecule has 0 saturated heterocycles. The number of esters is 1. The van der Waals surface area contributed by atoms with Gasteiger partial charge in [0.25, 0.3) is 0 Å². The molecule has 1 aliphatic rings. The first-order chi connectivity index (χ1) is 7.20. The smallest absolute Gasteiger partial charge is 0.338 e. The lowest BCUT2D eigenvalue weighted by Crippen LogP contribution is -2.12. The number of alkyl halides is 1. The van der Waals surface area contributed by atoms with Gasteiger partial charge < -0.3 is 14.9 Å². The quantitative estimate of drug-likeness (QED) is 0.431. The van der Waals surface area contributed by atoms with Crippen molar-refractivity contribution < 1.29 is 19.7 Å². The third-order valence-electron chi connectivity index (χ3n) is 1.80. The number of hydrogen-bond donors (Lipinski definition) is 2. The zero-order valence-corrected chi connectivity index (χ0v) is 8.70. The number of halogens is 1. The first-order valence-corrected chi connectivity index (χ1v) is 4.89. The van der Waals surface area contributed by atoms with Gasteiger partial charge in [0, 0.05) is 5.57 Å². The van der Waals surface area contributed by atoms with E-state index in [-0.39, 0.29) is 30.4 Å². The van der Waals surface area contributed by atoms with Crippen LogP contribution >= 0.6 is 11.6 Å². The van der Waals surface area contributed by atoms with E-state index in [9.17, 15) is 9.90 Å². The normalized spacial score (nSPS) is 17.6. The van der Waals surface area contributed by atoms with Crippen molar-refractivity contribution in [3.63, 3.8) is 0 Å². The van der Waals surface area contributed by atoms with Gasteiger partial charge in [-0.15, -0.1) is 11.6 Å². The molecule has 1 aliphatic carbocycles. The summed E-state index contributed by atoms with van der Waals surface area (Å²) in [6, 6.07) is 0. The highest BCUT2D eigenvalue weighted by molar-refractivity contribution is 6.19. The first kappa shape index (κ1) is 11.8. The van der Waals surface area contributed by atoms with Crippen LogP contribution in [0.5, 0.6) is 0 Å². The van der Waals surface area contributed by atoms with Crippen LogP contribution in [0.1, 0.15) is 0 Å². The molecule has 0 atom stereocenters. The molecule has 0 aromatic rings. The Bertz CT molecular complexity index is 341. The van der Waals surface area contributed by atoms with Crippen molar-refractivity contribution in [2.45, 2.75) is 0 Å².